The number of nitrogens with two attached hydrogens (primary N) is 1. The summed E-state index contributed by atoms with van der Waals surface area (Å²) < 4.78 is 5.34. The maximum absolute atomic E-state index is 11.3. The predicted octanol–water partition coefficient (Wildman–Crippen LogP) is 2.59. The van der Waals surface area contributed by atoms with Gasteiger partial charge in [-0.3, -0.25) is 4.79 Å². The Morgan fingerprint density at radius 2 is 2.15 bits per heavy atom. The van der Waals surface area contributed by atoms with Crippen molar-refractivity contribution in [2.24, 2.45) is 5.92 Å². The van der Waals surface area contributed by atoms with Gasteiger partial charge >= 0.3 is 0 Å². The Labute approximate surface area is 118 Å². The van der Waals surface area contributed by atoms with Gasteiger partial charge in [-0.1, -0.05) is 25.7 Å². The van der Waals surface area contributed by atoms with E-state index in [-0.39, 0.29) is 12.5 Å². The molecule has 5 nitrogen and oxygen atoms in total. The second-order valence-corrected chi connectivity index (χ2v) is 5.64. The molecule has 0 atom stereocenters. The molecule has 1 saturated carbocycles. The standard InChI is InChI=1S/C15H21N3O2/c16-11-7-14-13(18-15(19)9-20-14)8-12(11)17-6-5-10-3-1-2-4-10/h7-8,10,17H,1-6,9,16H2,(H,18,19). The van der Waals surface area contributed by atoms with Crippen LogP contribution in [0.3, 0.4) is 0 Å². The number of anilines is 3. The molecule has 0 spiro atoms. The first kappa shape index (κ1) is 13.1. The fourth-order valence-corrected chi connectivity index (χ4v) is 3.01. The lowest BCUT2D eigenvalue weighted by atomic mass is 10.0. The van der Waals surface area contributed by atoms with Crippen molar-refractivity contribution >= 4 is 23.0 Å². The van der Waals surface area contributed by atoms with Gasteiger partial charge in [0.15, 0.2) is 6.61 Å². The molecule has 1 amide bonds. The van der Waals surface area contributed by atoms with Gasteiger partial charge in [-0.25, -0.2) is 0 Å². The van der Waals surface area contributed by atoms with Crippen LogP contribution in [-0.4, -0.2) is 19.1 Å². The minimum Gasteiger partial charge on any atom is -0.482 e. The maximum atomic E-state index is 11.3. The first-order valence-corrected chi connectivity index (χ1v) is 7.32. The van der Waals surface area contributed by atoms with Gasteiger partial charge in [0, 0.05) is 12.6 Å². The minimum atomic E-state index is -0.126. The van der Waals surface area contributed by atoms with Crippen molar-refractivity contribution in [1.82, 2.24) is 0 Å². The molecule has 1 aromatic carbocycles. The van der Waals surface area contributed by atoms with E-state index in [1.165, 1.54) is 32.1 Å². The van der Waals surface area contributed by atoms with Gasteiger partial charge in [-0.05, 0) is 18.4 Å². The summed E-state index contributed by atoms with van der Waals surface area (Å²) in [5, 5.41) is 6.17. The number of carbonyl (C=O) groups excluding carboxylic acids is 1. The molecule has 0 saturated heterocycles. The number of amides is 1. The Morgan fingerprint density at radius 1 is 1.35 bits per heavy atom. The Hall–Kier alpha value is -1.91. The number of nitrogens with one attached hydrogen (secondary N) is 2. The number of fused-ring (bicyclic) bond motifs is 1. The van der Waals surface area contributed by atoms with Crippen molar-refractivity contribution in [1.29, 1.82) is 0 Å². The summed E-state index contributed by atoms with van der Waals surface area (Å²) in [4.78, 5) is 11.3. The van der Waals surface area contributed by atoms with Crippen LogP contribution in [0.2, 0.25) is 0 Å². The fraction of sp³-hybridized carbons (Fsp3) is 0.533. The topological polar surface area (TPSA) is 76.4 Å². The highest BCUT2D eigenvalue weighted by molar-refractivity contribution is 5.97. The highest BCUT2D eigenvalue weighted by atomic mass is 16.5. The average molecular weight is 275 g/mol. The van der Waals surface area contributed by atoms with Crippen LogP contribution >= 0.6 is 0 Å². The lowest BCUT2D eigenvalue weighted by Crippen LogP contribution is -2.25. The quantitative estimate of drug-likeness (QED) is 0.738. The molecule has 1 fully saturated rings. The third kappa shape index (κ3) is 2.81. The summed E-state index contributed by atoms with van der Waals surface area (Å²) in [6.45, 7) is 0.976. The molecule has 1 aliphatic carbocycles. The minimum absolute atomic E-state index is 0.0564. The van der Waals surface area contributed by atoms with Gasteiger partial charge in [-0.2, -0.15) is 0 Å². The van der Waals surface area contributed by atoms with Crippen LogP contribution in [0, 0.1) is 5.92 Å². The number of hydrogen-bond donors (Lipinski definition) is 3. The van der Waals surface area contributed by atoms with E-state index >= 15 is 0 Å². The first-order valence-electron chi connectivity index (χ1n) is 7.32. The van der Waals surface area contributed by atoms with Gasteiger partial charge in [0.2, 0.25) is 0 Å². The van der Waals surface area contributed by atoms with Gasteiger partial charge in [0.25, 0.3) is 5.91 Å². The summed E-state index contributed by atoms with van der Waals surface area (Å²) in [6, 6.07) is 3.63. The number of hydrogen-bond acceptors (Lipinski definition) is 4. The summed E-state index contributed by atoms with van der Waals surface area (Å²) in [5.41, 5.74) is 8.24. The van der Waals surface area contributed by atoms with Gasteiger partial charge in [0.1, 0.15) is 5.75 Å². The summed E-state index contributed by atoms with van der Waals surface area (Å²) in [7, 11) is 0. The number of nitrogen functional groups attached to an aromatic ring is 1. The summed E-state index contributed by atoms with van der Waals surface area (Å²) in [5.74, 6) is 1.37. The van der Waals surface area contributed by atoms with Crippen LogP contribution in [0.25, 0.3) is 0 Å². The van der Waals surface area contributed by atoms with Crippen molar-refractivity contribution < 1.29 is 9.53 Å². The second kappa shape index (κ2) is 5.61. The van der Waals surface area contributed by atoms with E-state index < -0.39 is 0 Å². The predicted molar refractivity (Wildman–Crippen MR) is 80.0 cm³/mol. The fourth-order valence-electron chi connectivity index (χ4n) is 3.01. The summed E-state index contributed by atoms with van der Waals surface area (Å²) in [6.07, 6.45) is 6.62. The summed E-state index contributed by atoms with van der Waals surface area (Å²) >= 11 is 0. The highest BCUT2D eigenvalue weighted by Gasteiger charge is 2.18. The smallest absolute Gasteiger partial charge is 0.262 e. The SMILES string of the molecule is Nc1cc2c(cc1NCCC1CCCC1)NC(=O)CO2. The van der Waals surface area contributed by atoms with Crippen LogP contribution in [0.1, 0.15) is 32.1 Å². The third-order valence-corrected chi connectivity index (χ3v) is 4.13. The average Bonchev–Trinajstić information content (AvgIpc) is 2.93. The van der Waals surface area contributed by atoms with Crippen LogP contribution in [-0.2, 0) is 4.79 Å². The molecular formula is C15H21N3O2. The van der Waals surface area contributed by atoms with E-state index in [0.29, 0.717) is 17.1 Å². The number of rotatable bonds is 4. The first-order chi connectivity index (χ1) is 9.72. The van der Waals surface area contributed by atoms with Gasteiger partial charge < -0.3 is 21.1 Å². The second-order valence-electron chi connectivity index (χ2n) is 5.64. The van der Waals surface area contributed by atoms with Gasteiger partial charge in [-0.15, -0.1) is 0 Å². The van der Waals surface area contributed by atoms with Crippen LogP contribution in [0.5, 0.6) is 5.75 Å². The monoisotopic (exact) mass is 275 g/mol. The Bertz CT molecular complexity index is 510. The molecule has 0 aromatic heterocycles. The largest absolute Gasteiger partial charge is 0.482 e. The third-order valence-electron chi connectivity index (χ3n) is 4.13. The lowest BCUT2D eigenvalue weighted by molar-refractivity contribution is -0.118. The molecule has 5 heteroatoms. The molecule has 1 heterocycles. The van der Waals surface area contributed by atoms with E-state index in [0.717, 1.165) is 18.2 Å². The molecule has 108 valence electrons. The highest BCUT2D eigenvalue weighted by Crippen LogP contribution is 2.35. The number of ether oxygens (including phenoxy) is 1. The van der Waals surface area contributed by atoms with Crippen LogP contribution < -0.4 is 21.1 Å². The molecule has 0 radical (unpaired) electrons. The van der Waals surface area contributed by atoms with E-state index in [1.807, 2.05) is 6.07 Å². The Morgan fingerprint density at radius 3 is 2.95 bits per heavy atom. The Kier molecular flexibility index (Phi) is 3.67. The maximum Gasteiger partial charge on any atom is 0.262 e. The molecule has 20 heavy (non-hydrogen) atoms. The van der Waals surface area contributed by atoms with Crippen LogP contribution in [0.15, 0.2) is 12.1 Å². The molecule has 0 unspecified atom stereocenters. The van der Waals surface area contributed by atoms with Crippen molar-refractivity contribution in [3.05, 3.63) is 12.1 Å². The van der Waals surface area contributed by atoms with E-state index in [4.69, 9.17) is 10.5 Å². The Balaban J connectivity index is 1.63. The molecular weight excluding hydrogens is 254 g/mol. The van der Waals surface area contributed by atoms with Crippen molar-refractivity contribution in [2.75, 3.05) is 29.5 Å². The molecule has 4 N–H and O–H groups in total. The van der Waals surface area contributed by atoms with E-state index in [2.05, 4.69) is 10.6 Å². The normalized spacial score (nSPS) is 18.3. The zero-order valence-electron chi connectivity index (χ0n) is 11.6. The molecule has 1 aliphatic heterocycles. The lowest BCUT2D eigenvalue weighted by Gasteiger charge is -2.20. The molecule has 1 aromatic rings. The van der Waals surface area contributed by atoms with Crippen molar-refractivity contribution in [2.45, 2.75) is 32.1 Å². The van der Waals surface area contributed by atoms with E-state index in [9.17, 15) is 4.79 Å². The van der Waals surface area contributed by atoms with Crippen LogP contribution in [0.4, 0.5) is 17.1 Å². The molecule has 0 bridgehead atoms. The number of carbonyl (C=O) groups is 1. The van der Waals surface area contributed by atoms with Gasteiger partial charge in [0.05, 0.1) is 17.1 Å². The number of benzene rings is 1. The molecule has 3 rings (SSSR count). The zero-order valence-corrected chi connectivity index (χ0v) is 11.6. The van der Waals surface area contributed by atoms with Crippen molar-refractivity contribution in [3.8, 4) is 5.75 Å². The van der Waals surface area contributed by atoms with Crippen molar-refractivity contribution in [3.63, 3.8) is 0 Å². The zero-order chi connectivity index (χ0) is 13.9. The van der Waals surface area contributed by atoms with E-state index in [1.54, 1.807) is 6.07 Å². The molecule has 2 aliphatic rings.